The zero-order valence-corrected chi connectivity index (χ0v) is 12.8. The summed E-state index contributed by atoms with van der Waals surface area (Å²) in [6, 6.07) is 7.47. The van der Waals surface area contributed by atoms with Gasteiger partial charge >= 0.3 is 0 Å². The molecular formula is C15H21N3O3. The molecule has 6 nitrogen and oxygen atoms in total. The van der Waals surface area contributed by atoms with E-state index in [-0.39, 0.29) is 5.91 Å². The molecule has 0 unspecified atom stereocenters. The van der Waals surface area contributed by atoms with Crippen molar-refractivity contribution in [3.8, 4) is 0 Å². The number of hydrogen-bond acceptors (Lipinski definition) is 4. The standard InChI is InChI=1S/C15H21N3O3/c1-10-12-7-5-6-8-13(12)18(17-10)11(2)15(19)16-9-14(20-3)21-4/h5-8,11,14H,9H2,1-4H3,(H,16,19)/t11-/m1/s1. The van der Waals surface area contributed by atoms with E-state index in [1.165, 1.54) is 14.2 Å². The minimum absolute atomic E-state index is 0.123. The highest BCUT2D eigenvalue weighted by Gasteiger charge is 2.20. The van der Waals surface area contributed by atoms with Crippen molar-refractivity contribution in [2.75, 3.05) is 20.8 Å². The summed E-state index contributed by atoms with van der Waals surface area (Å²) in [6.07, 6.45) is -0.447. The van der Waals surface area contributed by atoms with E-state index in [1.807, 2.05) is 38.1 Å². The van der Waals surface area contributed by atoms with Crippen LogP contribution in [-0.2, 0) is 14.3 Å². The minimum atomic E-state index is -0.447. The van der Waals surface area contributed by atoms with E-state index in [1.54, 1.807) is 4.68 Å². The summed E-state index contributed by atoms with van der Waals surface area (Å²) in [7, 11) is 3.07. The van der Waals surface area contributed by atoms with Gasteiger partial charge in [-0.25, -0.2) is 0 Å². The summed E-state index contributed by atoms with van der Waals surface area (Å²) < 4.78 is 11.8. The molecule has 0 bridgehead atoms. The number of aromatic nitrogens is 2. The molecule has 0 fully saturated rings. The molecule has 0 spiro atoms. The average molecular weight is 291 g/mol. The smallest absolute Gasteiger partial charge is 0.244 e. The molecule has 0 aliphatic rings. The van der Waals surface area contributed by atoms with Crippen LogP contribution >= 0.6 is 0 Å². The van der Waals surface area contributed by atoms with Crippen molar-refractivity contribution in [3.05, 3.63) is 30.0 Å². The van der Waals surface area contributed by atoms with E-state index in [0.717, 1.165) is 16.6 Å². The molecular weight excluding hydrogens is 270 g/mol. The van der Waals surface area contributed by atoms with Crippen LogP contribution in [0.2, 0.25) is 0 Å². The molecule has 1 heterocycles. The van der Waals surface area contributed by atoms with Crippen LogP contribution in [0.3, 0.4) is 0 Å². The van der Waals surface area contributed by atoms with Gasteiger partial charge in [0.2, 0.25) is 5.91 Å². The summed E-state index contributed by atoms with van der Waals surface area (Å²) >= 11 is 0. The number of nitrogens with one attached hydrogen (secondary N) is 1. The molecule has 21 heavy (non-hydrogen) atoms. The summed E-state index contributed by atoms with van der Waals surface area (Å²) in [5.74, 6) is -0.123. The average Bonchev–Trinajstić information content (AvgIpc) is 2.85. The van der Waals surface area contributed by atoms with Crippen LogP contribution in [0.25, 0.3) is 10.9 Å². The van der Waals surface area contributed by atoms with Gasteiger partial charge in [0, 0.05) is 19.6 Å². The van der Waals surface area contributed by atoms with Gasteiger partial charge in [-0.2, -0.15) is 5.10 Å². The largest absolute Gasteiger partial charge is 0.354 e. The Morgan fingerprint density at radius 1 is 1.33 bits per heavy atom. The van der Waals surface area contributed by atoms with E-state index in [0.29, 0.717) is 6.54 Å². The number of aryl methyl sites for hydroxylation is 1. The highest BCUT2D eigenvalue weighted by molar-refractivity contribution is 5.86. The Labute approximate surface area is 124 Å². The SMILES string of the molecule is COC(CNC(=O)[C@@H](C)n1nc(C)c2ccccc21)OC. The number of nitrogens with zero attached hydrogens (tertiary/aromatic N) is 2. The number of para-hydroxylation sites is 1. The van der Waals surface area contributed by atoms with Crippen LogP contribution in [0.1, 0.15) is 18.7 Å². The van der Waals surface area contributed by atoms with Crippen LogP contribution in [0.15, 0.2) is 24.3 Å². The second-order valence-electron chi connectivity index (χ2n) is 4.87. The Morgan fingerprint density at radius 3 is 2.67 bits per heavy atom. The first-order chi connectivity index (χ1) is 10.1. The normalized spacial score (nSPS) is 12.8. The summed E-state index contributed by atoms with van der Waals surface area (Å²) in [6.45, 7) is 4.06. The van der Waals surface area contributed by atoms with Gasteiger partial charge in [0.1, 0.15) is 6.04 Å². The van der Waals surface area contributed by atoms with Crippen molar-refractivity contribution in [1.29, 1.82) is 0 Å². The molecule has 2 rings (SSSR count). The fourth-order valence-corrected chi connectivity index (χ4v) is 2.25. The maximum Gasteiger partial charge on any atom is 0.244 e. The molecule has 6 heteroatoms. The number of hydrogen-bond donors (Lipinski definition) is 1. The third kappa shape index (κ3) is 3.22. The molecule has 1 N–H and O–H groups in total. The number of rotatable bonds is 6. The lowest BCUT2D eigenvalue weighted by atomic mass is 10.2. The van der Waals surface area contributed by atoms with Crippen molar-refractivity contribution in [2.45, 2.75) is 26.2 Å². The Morgan fingerprint density at radius 2 is 2.00 bits per heavy atom. The Balaban J connectivity index is 2.14. The summed E-state index contributed by atoms with van der Waals surface area (Å²) in [4.78, 5) is 12.2. The van der Waals surface area contributed by atoms with Gasteiger partial charge in [-0.1, -0.05) is 18.2 Å². The monoisotopic (exact) mass is 291 g/mol. The molecule has 0 aliphatic carbocycles. The summed E-state index contributed by atoms with van der Waals surface area (Å²) in [5, 5.41) is 8.34. The van der Waals surface area contributed by atoms with Crippen molar-refractivity contribution >= 4 is 16.8 Å². The third-order valence-corrected chi connectivity index (χ3v) is 3.51. The van der Waals surface area contributed by atoms with Crippen molar-refractivity contribution in [1.82, 2.24) is 15.1 Å². The van der Waals surface area contributed by atoms with Crippen molar-refractivity contribution < 1.29 is 14.3 Å². The molecule has 2 aromatic rings. The predicted molar refractivity (Wildman–Crippen MR) is 80.0 cm³/mol. The van der Waals surface area contributed by atoms with E-state index in [4.69, 9.17) is 9.47 Å². The Hall–Kier alpha value is -1.92. The molecule has 1 aromatic carbocycles. The van der Waals surface area contributed by atoms with Gasteiger partial charge in [0.15, 0.2) is 6.29 Å². The van der Waals surface area contributed by atoms with Gasteiger partial charge in [-0.05, 0) is 19.9 Å². The highest BCUT2D eigenvalue weighted by atomic mass is 16.7. The maximum atomic E-state index is 12.2. The van der Waals surface area contributed by atoms with Crippen LogP contribution in [0, 0.1) is 6.92 Å². The second kappa shape index (κ2) is 6.69. The number of fused-ring (bicyclic) bond motifs is 1. The van der Waals surface area contributed by atoms with Gasteiger partial charge in [-0.3, -0.25) is 9.48 Å². The fourth-order valence-electron chi connectivity index (χ4n) is 2.25. The van der Waals surface area contributed by atoms with Crippen LogP contribution in [-0.4, -0.2) is 42.7 Å². The molecule has 0 saturated heterocycles. The first-order valence-corrected chi connectivity index (χ1v) is 6.85. The molecule has 1 atom stereocenters. The number of benzene rings is 1. The lowest BCUT2D eigenvalue weighted by Gasteiger charge is -2.17. The van der Waals surface area contributed by atoms with E-state index >= 15 is 0 Å². The minimum Gasteiger partial charge on any atom is -0.354 e. The number of carbonyl (C=O) groups excluding carboxylic acids is 1. The Kier molecular flexibility index (Phi) is 4.93. The first-order valence-electron chi connectivity index (χ1n) is 6.85. The number of amides is 1. The first kappa shape index (κ1) is 15.5. The zero-order valence-electron chi connectivity index (χ0n) is 12.8. The number of carbonyl (C=O) groups is 1. The molecule has 0 radical (unpaired) electrons. The maximum absolute atomic E-state index is 12.2. The van der Waals surface area contributed by atoms with Crippen molar-refractivity contribution in [3.63, 3.8) is 0 Å². The van der Waals surface area contributed by atoms with Crippen molar-refractivity contribution in [2.24, 2.45) is 0 Å². The number of methoxy groups -OCH3 is 2. The van der Waals surface area contributed by atoms with Crippen LogP contribution < -0.4 is 5.32 Å². The quantitative estimate of drug-likeness (QED) is 0.822. The zero-order chi connectivity index (χ0) is 15.4. The van der Waals surface area contributed by atoms with Gasteiger partial charge in [-0.15, -0.1) is 0 Å². The van der Waals surface area contributed by atoms with E-state index in [2.05, 4.69) is 10.4 Å². The van der Waals surface area contributed by atoms with Crippen LogP contribution in [0.5, 0.6) is 0 Å². The van der Waals surface area contributed by atoms with E-state index in [9.17, 15) is 4.79 Å². The van der Waals surface area contributed by atoms with Gasteiger partial charge in [0.25, 0.3) is 0 Å². The van der Waals surface area contributed by atoms with Crippen LogP contribution in [0.4, 0.5) is 0 Å². The Bertz CT molecular complexity index is 620. The molecule has 1 amide bonds. The fraction of sp³-hybridized carbons (Fsp3) is 0.467. The van der Waals surface area contributed by atoms with Gasteiger partial charge < -0.3 is 14.8 Å². The topological polar surface area (TPSA) is 65.4 Å². The second-order valence-corrected chi connectivity index (χ2v) is 4.87. The number of ether oxygens (including phenoxy) is 2. The third-order valence-electron chi connectivity index (χ3n) is 3.51. The molecule has 0 aliphatic heterocycles. The lowest BCUT2D eigenvalue weighted by Crippen LogP contribution is -2.38. The highest BCUT2D eigenvalue weighted by Crippen LogP contribution is 2.21. The lowest BCUT2D eigenvalue weighted by molar-refractivity contribution is -0.130. The molecule has 0 saturated carbocycles. The molecule has 1 aromatic heterocycles. The van der Waals surface area contributed by atoms with Gasteiger partial charge in [0.05, 0.1) is 17.8 Å². The van der Waals surface area contributed by atoms with E-state index < -0.39 is 12.3 Å². The predicted octanol–water partition coefficient (Wildman–Crippen LogP) is 1.64. The summed E-state index contributed by atoms with van der Waals surface area (Å²) in [5.41, 5.74) is 1.87. The molecule has 114 valence electrons.